The van der Waals surface area contributed by atoms with E-state index in [0.29, 0.717) is 10.3 Å². The maximum absolute atomic E-state index is 13.4. The Hall–Kier alpha value is -1.65. The van der Waals surface area contributed by atoms with Crippen molar-refractivity contribution < 1.29 is 4.39 Å². The van der Waals surface area contributed by atoms with E-state index in [0.717, 1.165) is 11.2 Å². The molecule has 0 bridgehead atoms. The van der Waals surface area contributed by atoms with Gasteiger partial charge in [0.25, 0.3) is 0 Å². The van der Waals surface area contributed by atoms with Gasteiger partial charge in [-0.05, 0) is 37.3 Å². The van der Waals surface area contributed by atoms with E-state index < -0.39 is 5.82 Å². The maximum Gasteiger partial charge on any atom is 0.182 e. The molecule has 1 heterocycles. The average molecular weight is 293 g/mol. The summed E-state index contributed by atoms with van der Waals surface area (Å²) in [6.07, 6.45) is 0. The fourth-order valence-electron chi connectivity index (χ4n) is 2.05. The standard InChI is InChI=1S/C14H10ClFN2S/c1-8-2-4-9(5-3-8)18-13-6-10(15)11(16)7-12(13)17-14(18)19/h2-7H,1H3,(H,17,19). The maximum atomic E-state index is 13.4. The predicted molar refractivity (Wildman–Crippen MR) is 78.2 cm³/mol. The van der Waals surface area contributed by atoms with Crippen molar-refractivity contribution in [2.24, 2.45) is 0 Å². The van der Waals surface area contributed by atoms with Crippen LogP contribution in [0.15, 0.2) is 36.4 Å². The Morgan fingerprint density at radius 1 is 1.21 bits per heavy atom. The number of aryl methyl sites for hydroxylation is 1. The molecule has 2 nitrogen and oxygen atoms in total. The number of H-pyrrole nitrogens is 1. The highest BCUT2D eigenvalue weighted by atomic mass is 35.5. The largest absolute Gasteiger partial charge is 0.330 e. The van der Waals surface area contributed by atoms with E-state index in [-0.39, 0.29) is 5.02 Å². The Bertz CT molecular complexity index is 818. The minimum absolute atomic E-state index is 0.0855. The van der Waals surface area contributed by atoms with Gasteiger partial charge in [0.05, 0.1) is 16.1 Å². The van der Waals surface area contributed by atoms with Crippen molar-refractivity contribution in [2.75, 3.05) is 0 Å². The minimum atomic E-state index is -0.457. The molecule has 0 saturated heterocycles. The van der Waals surface area contributed by atoms with Crippen LogP contribution >= 0.6 is 23.8 Å². The molecule has 5 heteroatoms. The number of rotatable bonds is 1. The van der Waals surface area contributed by atoms with Crippen LogP contribution in [0.25, 0.3) is 16.7 Å². The van der Waals surface area contributed by atoms with Crippen molar-refractivity contribution in [3.05, 3.63) is 57.6 Å². The van der Waals surface area contributed by atoms with Gasteiger partial charge in [-0.2, -0.15) is 0 Å². The van der Waals surface area contributed by atoms with Gasteiger partial charge in [0, 0.05) is 11.8 Å². The van der Waals surface area contributed by atoms with Crippen LogP contribution < -0.4 is 0 Å². The van der Waals surface area contributed by atoms with Gasteiger partial charge in [-0.15, -0.1) is 0 Å². The Morgan fingerprint density at radius 2 is 1.89 bits per heavy atom. The van der Waals surface area contributed by atoms with E-state index in [1.807, 2.05) is 35.8 Å². The van der Waals surface area contributed by atoms with Crippen LogP contribution in [0.5, 0.6) is 0 Å². The summed E-state index contributed by atoms with van der Waals surface area (Å²) in [5, 5.41) is 0.0855. The van der Waals surface area contributed by atoms with Crippen LogP contribution in [0.1, 0.15) is 5.56 Å². The van der Waals surface area contributed by atoms with Crippen LogP contribution in [0.4, 0.5) is 4.39 Å². The molecule has 1 N–H and O–H groups in total. The fourth-order valence-corrected chi connectivity index (χ4v) is 2.52. The summed E-state index contributed by atoms with van der Waals surface area (Å²) in [4.78, 5) is 2.99. The summed E-state index contributed by atoms with van der Waals surface area (Å²) in [5.74, 6) is -0.457. The summed E-state index contributed by atoms with van der Waals surface area (Å²) >= 11 is 11.1. The molecule has 0 aliphatic rings. The highest BCUT2D eigenvalue weighted by Gasteiger charge is 2.10. The smallest absolute Gasteiger partial charge is 0.182 e. The van der Waals surface area contributed by atoms with Crippen molar-refractivity contribution in [3.63, 3.8) is 0 Å². The van der Waals surface area contributed by atoms with E-state index in [9.17, 15) is 4.39 Å². The molecule has 3 rings (SSSR count). The number of aromatic nitrogens is 2. The third kappa shape index (κ3) is 2.07. The lowest BCUT2D eigenvalue weighted by Crippen LogP contribution is -1.94. The Morgan fingerprint density at radius 3 is 2.58 bits per heavy atom. The minimum Gasteiger partial charge on any atom is -0.330 e. The first-order valence-corrected chi connectivity index (χ1v) is 6.52. The number of hydrogen-bond donors (Lipinski definition) is 1. The molecular weight excluding hydrogens is 283 g/mol. The van der Waals surface area contributed by atoms with Gasteiger partial charge in [0.2, 0.25) is 0 Å². The molecule has 0 spiro atoms. The number of imidazole rings is 1. The molecule has 0 fully saturated rings. The monoisotopic (exact) mass is 292 g/mol. The zero-order valence-corrected chi connectivity index (χ0v) is 11.6. The Labute approximate surface area is 119 Å². The number of aromatic amines is 1. The molecular formula is C14H10ClFN2S. The van der Waals surface area contributed by atoms with Crippen molar-refractivity contribution in [3.8, 4) is 5.69 Å². The van der Waals surface area contributed by atoms with E-state index >= 15 is 0 Å². The quantitative estimate of drug-likeness (QED) is 0.640. The van der Waals surface area contributed by atoms with Crippen molar-refractivity contribution in [1.29, 1.82) is 0 Å². The van der Waals surface area contributed by atoms with Gasteiger partial charge < -0.3 is 4.98 Å². The second-order valence-electron chi connectivity index (χ2n) is 4.38. The first kappa shape index (κ1) is 12.4. The molecule has 3 aromatic rings. The van der Waals surface area contributed by atoms with Gasteiger partial charge >= 0.3 is 0 Å². The number of halogens is 2. The number of nitrogens with zero attached hydrogens (tertiary/aromatic N) is 1. The molecule has 0 unspecified atom stereocenters. The molecule has 0 radical (unpaired) electrons. The predicted octanol–water partition coefficient (Wildman–Crippen LogP) is 4.79. The van der Waals surface area contributed by atoms with Crippen LogP contribution in [0, 0.1) is 17.5 Å². The van der Waals surface area contributed by atoms with Crippen LogP contribution in [0.2, 0.25) is 5.02 Å². The van der Waals surface area contributed by atoms with E-state index in [1.165, 1.54) is 11.6 Å². The zero-order chi connectivity index (χ0) is 13.6. The van der Waals surface area contributed by atoms with E-state index in [2.05, 4.69) is 4.98 Å². The summed E-state index contributed by atoms with van der Waals surface area (Å²) in [5.41, 5.74) is 3.48. The van der Waals surface area contributed by atoms with E-state index in [4.69, 9.17) is 23.8 Å². The normalized spacial score (nSPS) is 11.1. The number of fused-ring (bicyclic) bond motifs is 1. The molecule has 0 saturated carbocycles. The second-order valence-corrected chi connectivity index (χ2v) is 5.18. The molecule has 0 amide bonds. The summed E-state index contributed by atoms with van der Waals surface area (Å²) in [6.45, 7) is 2.02. The number of benzene rings is 2. The van der Waals surface area contributed by atoms with Crippen LogP contribution in [0.3, 0.4) is 0 Å². The van der Waals surface area contributed by atoms with Gasteiger partial charge in [0.1, 0.15) is 5.82 Å². The molecule has 0 atom stereocenters. The second kappa shape index (κ2) is 4.47. The zero-order valence-electron chi connectivity index (χ0n) is 10.1. The highest BCUT2D eigenvalue weighted by Crippen LogP contribution is 2.25. The third-order valence-corrected chi connectivity index (χ3v) is 3.59. The molecule has 19 heavy (non-hydrogen) atoms. The lowest BCUT2D eigenvalue weighted by molar-refractivity contribution is 0.630. The first-order chi connectivity index (χ1) is 9.06. The van der Waals surface area contributed by atoms with Gasteiger partial charge in [-0.25, -0.2) is 4.39 Å². The van der Waals surface area contributed by atoms with Gasteiger partial charge in [0.15, 0.2) is 4.77 Å². The highest BCUT2D eigenvalue weighted by molar-refractivity contribution is 7.71. The Balaban J connectivity index is 2.34. The number of hydrogen-bond acceptors (Lipinski definition) is 1. The summed E-state index contributed by atoms with van der Waals surface area (Å²) < 4.78 is 15.8. The molecule has 0 aliphatic heterocycles. The van der Waals surface area contributed by atoms with Crippen LogP contribution in [-0.4, -0.2) is 9.55 Å². The lowest BCUT2D eigenvalue weighted by atomic mass is 10.2. The molecule has 0 aliphatic carbocycles. The SMILES string of the molecule is Cc1ccc(-n2c(=S)[nH]c3cc(F)c(Cl)cc32)cc1. The molecule has 96 valence electrons. The summed E-state index contributed by atoms with van der Waals surface area (Å²) in [6, 6.07) is 10.9. The van der Waals surface area contributed by atoms with E-state index in [1.54, 1.807) is 6.07 Å². The first-order valence-electron chi connectivity index (χ1n) is 5.73. The Kier molecular flexibility index (Phi) is 2.92. The van der Waals surface area contributed by atoms with Crippen molar-refractivity contribution >= 4 is 34.9 Å². The number of nitrogens with one attached hydrogen (secondary N) is 1. The van der Waals surface area contributed by atoms with Crippen molar-refractivity contribution in [2.45, 2.75) is 6.92 Å². The summed E-state index contributed by atoms with van der Waals surface area (Å²) in [7, 11) is 0. The third-order valence-electron chi connectivity index (χ3n) is 3.02. The average Bonchev–Trinajstić information content (AvgIpc) is 2.67. The van der Waals surface area contributed by atoms with Crippen LogP contribution in [-0.2, 0) is 0 Å². The molecule has 2 aromatic carbocycles. The van der Waals surface area contributed by atoms with Gasteiger partial charge in [-0.1, -0.05) is 29.3 Å². The van der Waals surface area contributed by atoms with Crippen molar-refractivity contribution in [1.82, 2.24) is 9.55 Å². The topological polar surface area (TPSA) is 20.7 Å². The fraction of sp³-hybridized carbons (Fsp3) is 0.0714. The lowest BCUT2D eigenvalue weighted by Gasteiger charge is -2.05. The van der Waals surface area contributed by atoms with Gasteiger partial charge in [-0.3, -0.25) is 4.57 Å². The molecule has 1 aromatic heterocycles.